The molecule has 1 aliphatic heterocycles. The number of hydrogen-bond acceptors (Lipinski definition) is 2. The van der Waals surface area contributed by atoms with Crippen LogP contribution in [0.4, 0.5) is 5.69 Å². The minimum Gasteiger partial charge on any atom is -0.327 e. The van der Waals surface area contributed by atoms with Gasteiger partial charge in [-0.1, -0.05) is 32.9 Å². The Balaban J connectivity index is 2.16. The Bertz CT molecular complexity index is 468. The smallest absolute Gasteiger partial charge is 0.226 e. The molecule has 0 radical (unpaired) electrons. The van der Waals surface area contributed by atoms with Crippen LogP contribution in [0.3, 0.4) is 0 Å². The van der Waals surface area contributed by atoms with Crippen LogP contribution in [0.1, 0.15) is 38.3 Å². The van der Waals surface area contributed by atoms with E-state index in [0.717, 1.165) is 25.1 Å². The molecule has 2 N–H and O–H groups in total. The van der Waals surface area contributed by atoms with Gasteiger partial charge in [-0.3, -0.25) is 4.79 Å². The van der Waals surface area contributed by atoms with Gasteiger partial charge in [-0.05, 0) is 36.0 Å². The maximum absolute atomic E-state index is 11.8. The molecule has 1 aliphatic rings. The van der Waals surface area contributed by atoms with E-state index < -0.39 is 0 Å². The van der Waals surface area contributed by atoms with Crippen LogP contribution in [-0.4, -0.2) is 18.5 Å². The highest BCUT2D eigenvalue weighted by molar-refractivity contribution is 5.95. The summed E-state index contributed by atoms with van der Waals surface area (Å²) in [5.74, 6) is 0.705. The van der Waals surface area contributed by atoms with E-state index in [1.807, 2.05) is 11.8 Å². The second-order valence-corrected chi connectivity index (χ2v) is 5.72. The maximum Gasteiger partial charge on any atom is 0.226 e. The van der Waals surface area contributed by atoms with Crippen LogP contribution >= 0.6 is 0 Å². The SMILES string of the molecule is CCC(=O)N1CCc2cc(CC(N)C(C)C)ccc21. The summed E-state index contributed by atoms with van der Waals surface area (Å²) in [6, 6.07) is 6.62. The molecule has 0 bridgehead atoms. The molecule has 1 aromatic rings. The summed E-state index contributed by atoms with van der Waals surface area (Å²) in [4.78, 5) is 13.7. The van der Waals surface area contributed by atoms with Crippen LogP contribution in [0.2, 0.25) is 0 Å². The molecule has 1 atom stereocenters. The van der Waals surface area contributed by atoms with E-state index in [-0.39, 0.29) is 11.9 Å². The fourth-order valence-corrected chi connectivity index (χ4v) is 2.54. The van der Waals surface area contributed by atoms with Gasteiger partial charge in [0.15, 0.2) is 0 Å². The van der Waals surface area contributed by atoms with Crippen molar-refractivity contribution in [1.29, 1.82) is 0 Å². The molecule has 104 valence electrons. The molecule has 1 heterocycles. The van der Waals surface area contributed by atoms with E-state index in [9.17, 15) is 4.79 Å². The largest absolute Gasteiger partial charge is 0.327 e. The first kappa shape index (κ1) is 14.1. The van der Waals surface area contributed by atoms with Crippen LogP contribution in [0.25, 0.3) is 0 Å². The van der Waals surface area contributed by atoms with Crippen LogP contribution in [-0.2, 0) is 17.6 Å². The van der Waals surface area contributed by atoms with Gasteiger partial charge in [0.25, 0.3) is 0 Å². The first-order valence-electron chi connectivity index (χ1n) is 7.20. The highest BCUT2D eigenvalue weighted by Gasteiger charge is 2.23. The topological polar surface area (TPSA) is 46.3 Å². The normalized spacial score (nSPS) is 15.7. The minimum atomic E-state index is 0.202. The summed E-state index contributed by atoms with van der Waals surface area (Å²) in [6.45, 7) is 7.04. The molecule has 0 spiro atoms. The van der Waals surface area contributed by atoms with Gasteiger partial charge in [0.1, 0.15) is 0 Å². The Morgan fingerprint density at radius 1 is 1.42 bits per heavy atom. The summed E-state index contributed by atoms with van der Waals surface area (Å²) in [5.41, 5.74) is 9.79. The van der Waals surface area contributed by atoms with E-state index in [4.69, 9.17) is 5.73 Å². The van der Waals surface area contributed by atoms with Crippen LogP contribution in [0.5, 0.6) is 0 Å². The van der Waals surface area contributed by atoms with E-state index in [1.165, 1.54) is 11.1 Å². The van der Waals surface area contributed by atoms with Crippen LogP contribution < -0.4 is 10.6 Å². The number of rotatable bonds is 4. The van der Waals surface area contributed by atoms with Gasteiger partial charge < -0.3 is 10.6 Å². The molecule has 0 saturated heterocycles. The van der Waals surface area contributed by atoms with Gasteiger partial charge in [0.2, 0.25) is 5.91 Å². The Labute approximate surface area is 115 Å². The lowest BCUT2D eigenvalue weighted by Gasteiger charge is -2.18. The monoisotopic (exact) mass is 260 g/mol. The molecule has 0 aliphatic carbocycles. The van der Waals surface area contributed by atoms with Crippen molar-refractivity contribution in [2.75, 3.05) is 11.4 Å². The highest BCUT2D eigenvalue weighted by Crippen LogP contribution is 2.29. The number of nitrogens with two attached hydrogens (primary N) is 1. The Hall–Kier alpha value is -1.35. The molecular formula is C16H24N2O. The van der Waals surface area contributed by atoms with Crippen LogP contribution in [0.15, 0.2) is 18.2 Å². The van der Waals surface area contributed by atoms with Crippen molar-refractivity contribution in [1.82, 2.24) is 0 Å². The lowest BCUT2D eigenvalue weighted by Crippen LogP contribution is -2.29. The van der Waals surface area contributed by atoms with Gasteiger partial charge in [-0.2, -0.15) is 0 Å². The van der Waals surface area contributed by atoms with Crippen LogP contribution in [0, 0.1) is 5.92 Å². The third kappa shape index (κ3) is 2.98. The molecule has 3 nitrogen and oxygen atoms in total. The van der Waals surface area contributed by atoms with E-state index >= 15 is 0 Å². The molecule has 19 heavy (non-hydrogen) atoms. The Kier molecular flexibility index (Phi) is 4.25. The summed E-state index contributed by atoms with van der Waals surface area (Å²) in [7, 11) is 0. The number of anilines is 1. The van der Waals surface area contributed by atoms with Crippen molar-refractivity contribution >= 4 is 11.6 Å². The zero-order valence-electron chi connectivity index (χ0n) is 12.1. The number of fused-ring (bicyclic) bond motifs is 1. The Morgan fingerprint density at radius 3 is 2.79 bits per heavy atom. The zero-order valence-corrected chi connectivity index (χ0v) is 12.1. The predicted molar refractivity (Wildman–Crippen MR) is 79.3 cm³/mol. The fourth-order valence-electron chi connectivity index (χ4n) is 2.54. The second-order valence-electron chi connectivity index (χ2n) is 5.72. The summed E-state index contributed by atoms with van der Waals surface area (Å²) in [6.07, 6.45) is 2.44. The third-order valence-corrected chi connectivity index (χ3v) is 3.97. The average molecular weight is 260 g/mol. The average Bonchev–Trinajstić information content (AvgIpc) is 2.80. The minimum absolute atomic E-state index is 0.202. The van der Waals surface area contributed by atoms with Gasteiger partial charge in [0, 0.05) is 24.7 Å². The van der Waals surface area contributed by atoms with E-state index in [2.05, 4.69) is 32.0 Å². The first-order valence-corrected chi connectivity index (χ1v) is 7.20. The van der Waals surface area contributed by atoms with Crippen molar-refractivity contribution in [3.8, 4) is 0 Å². The zero-order chi connectivity index (χ0) is 14.0. The quantitative estimate of drug-likeness (QED) is 0.904. The number of nitrogens with zero attached hydrogens (tertiary/aromatic N) is 1. The van der Waals surface area contributed by atoms with Crippen molar-refractivity contribution in [2.24, 2.45) is 11.7 Å². The molecule has 1 aromatic carbocycles. The molecular weight excluding hydrogens is 236 g/mol. The van der Waals surface area contributed by atoms with E-state index in [0.29, 0.717) is 12.3 Å². The molecule has 0 saturated carbocycles. The number of carbonyl (C=O) groups excluding carboxylic acids is 1. The van der Waals surface area contributed by atoms with Gasteiger partial charge >= 0.3 is 0 Å². The molecule has 1 amide bonds. The lowest BCUT2D eigenvalue weighted by atomic mass is 9.96. The van der Waals surface area contributed by atoms with Crippen molar-refractivity contribution in [3.05, 3.63) is 29.3 Å². The van der Waals surface area contributed by atoms with Gasteiger partial charge in [-0.25, -0.2) is 0 Å². The van der Waals surface area contributed by atoms with Gasteiger partial charge in [0.05, 0.1) is 0 Å². The summed E-state index contributed by atoms with van der Waals surface area (Å²) < 4.78 is 0. The second kappa shape index (κ2) is 5.74. The van der Waals surface area contributed by atoms with Crippen molar-refractivity contribution < 1.29 is 4.79 Å². The molecule has 3 heteroatoms. The summed E-state index contributed by atoms with van der Waals surface area (Å²) >= 11 is 0. The third-order valence-electron chi connectivity index (χ3n) is 3.97. The molecule has 1 unspecified atom stereocenters. The number of amides is 1. The number of benzene rings is 1. The first-order chi connectivity index (χ1) is 9.02. The lowest BCUT2D eigenvalue weighted by molar-refractivity contribution is -0.118. The molecule has 2 rings (SSSR count). The maximum atomic E-state index is 11.8. The van der Waals surface area contributed by atoms with E-state index in [1.54, 1.807) is 0 Å². The predicted octanol–water partition coefficient (Wildman–Crippen LogP) is 2.51. The van der Waals surface area contributed by atoms with Gasteiger partial charge in [-0.15, -0.1) is 0 Å². The number of hydrogen-bond donors (Lipinski definition) is 1. The highest BCUT2D eigenvalue weighted by atomic mass is 16.2. The molecule has 0 fully saturated rings. The van der Waals surface area contributed by atoms with Crippen molar-refractivity contribution in [2.45, 2.75) is 46.1 Å². The number of carbonyl (C=O) groups is 1. The standard InChI is InChI=1S/C16H24N2O/c1-4-16(19)18-8-7-13-9-12(5-6-15(13)18)10-14(17)11(2)3/h5-6,9,11,14H,4,7-8,10,17H2,1-3H3. The Morgan fingerprint density at radius 2 is 2.16 bits per heavy atom. The summed E-state index contributed by atoms with van der Waals surface area (Å²) in [5, 5.41) is 0. The fraction of sp³-hybridized carbons (Fsp3) is 0.562. The van der Waals surface area contributed by atoms with Crippen molar-refractivity contribution in [3.63, 3.8) is 0 Å². The molecule has 0 aromatic heterocycles.